The van der Waals surface area contributed by atoms with Gasteiger partial charge in [0.25, 0.3) is 14.3 Å². The van der Waals surface area contributed by atoms with E-state index in [0.29, 0.717) is 6.32 Å². The highest BCUT2D eigenvalue weighted by atomic mass is 16.5. The Balaban J connectivity index is 2.16. The zero-order valence-electron chi connectivity index (χ0n) is 12.6. The van der Waals surface area contributed by atoms with E-state index in [2.05, 4.69) is 12.1 Å². The van der Waals surface area contributed by atoms with Crippen LogP contribution in [-0.2, 0) is 11.1 Å². The predicted molar refractivity (Wildman–Crippen MR) is 87.2 cm³/mol. The molecular formula is C15H20B2NO3. The first-order valence-electron chi connectivity index (χ1n) is 7.21. The van der Waals surface area contributed by atoms with Gasteiger partial charge < -0.3 is 19.4 Å². The van der Waals surface area contributed by atoms with Crippen LogP contribution >= 0.6 is 0 Å². The average Bonchev–Trinajstić information content (AvgIpc) is 2.48. The van der Waals surface area contributed by atoms with Crippen molar-refractivity contribution < 1.29 is 14.6 Å². The summed E-state index contributed by atoms with van der Waals surface area (Å²) in [7, 11) is 3.24. The number of benzene rings is 1. The van der Waals surface area contributed by atoms with Gasteiger partial charge in [0.2, 0.25) is 0 Å². The Hall–Kier alpha value is -1.52. The van der Waals surface area contributed by atoms with Crippen LogP contribution in [0.3, 0.4) is 0 Å². The molecule has 6 heteroatoms. The van der Waals surface area contributed by atoms with Crippen molar-refractivity contribution in [3.05, 3.63) is 35.4 Å². The number of hydrogen-bond donors (Lipinski definition) is 1. The summed E-state index contributed by atoms with van der Waals surface area (Å²) in [5.41, 5.74) is 3.43. The summed E-state index contributed by atoms with van der Waals surface area (Å²) in [6.45, 7) is 2.99. The topological polar surface area (TPSA) is 49.8 Å². The van der Waals surface area contributed by atoms with Crippen LogP contribution in [0, 0.1) is 0 Å². The van der Waals surface area contributed by atoms with Crippen molar-refractivity contribution in [3.8, 4) is 5.75 Å². The number of rotatable bonds is 6. The fraction of sp³-hybridized carbons (Fsp3) is 0.400. The monoisotopic (exact) mass is 284 g/mol. The minimum absolute atomic E-state index is 0.383. The maximum absolute atomic E-state index is 10.5. The maximum Gasteiger partial charge on any atom is 0.293 e. The maximum atomic E-state index is 10.5. The van der Waals surface area contributed by atoms with Gasteiger partial charge in [-0.15, -0.1) is 0 Å². The van der Waals surface area contributed by atoms with E-state index in [1.807, 2.05) is 16.9 Å². The van der Waals surface area contributed by atoms with E-state index < -0.39 is 0 Å². The van der Waals surface area contributed by atoms with Crippen molar-refractivity contribution >= 4 is 26.1 Å². The number of methoxy groups -OCH3 is 1. The summed E-state index contributed by atoms with van der Waals surface area (Å²) in [5, 5.41) is 9.52. The zero-order valence-corrected chi connectivity index (χ0v) is 12.6. The largest absolute Gasteiger partial charge is 0.496 e. The molecule has 0 unspecified atom stereocenters. The molecule has 0 bridgehead atoms. The summed E-state index contributed by atoms with van der Waals surface area (Å²) in [4.78, 5) is 12.5. The van der Waals surface area contributed by atoms with E-state index in [4.69, 9.17) is 4.74 Å². The molecule has 0 fully saturated rings. The van der Waals surface area contributed by atoms with Gasteiger partial charge in [-0.3, -0.25) is 0 Å². The summed E-state index contributed by atoms with van der Waals surface area (Å²) in [5.74, 6) is 0.816. The van der Waals surface area contributed by atoms with Gasteiger partial charge in [0.1, 0.15) is 5.75 Å². The molecule has 2 rings (SSSR count). The zero-order chi connectivity index (χ0) is 15.2. The van der Waals surface area contributed by atoms with Crippen molar-refractivity contribution in [1.82, 2.24) is 4.81 Å². The van der Waals surface area contributed by atoms with E-state index in [-0.39, 0.29) is 6.92 Å². The number of carbonyl (C=O) groups is 1. The number of nitrogens with zero attached hydrogens (tertiary/aromatic N) is 1. The fourth-order valence-corrected chi connectivity index (χ4v) is 2.60. The Morgan fingerprint density at radius 2 is 2.33 bits per heavy atom. The van der Waals surface area contributed by atoms with E-state index in [1.165, 1.54) is 5.57 Å². The Morgan fingerprint density at radius 1 is 1.52 bits per heavy atom. The second-order valence-electron chi connectivity index (χ2n) is 5.34. The van der Waals surface area contributed by atoms with Crippen molar-refractivity contribution in [3.63, 3.8) is 0 Å². The highest BCUT2D eigenvalue weighted by molar-refractivity contribution is 6.64. The molecule has 1 aromatic rings. The SMILES string of the molecule is COc1cc(C2=CCN([B]C=O)CC2)ccc1CB(C)O. The van der Waals surface area contributed by atoms with Crippen molar-refractivity contribution in [2.45, 2.75) is 19.6 Å². The Kier molecular flexibility index (Phi) is 5.65. The van der Waals surface area contributed by atoms with Crippen molar-refractivity contribution in [2.75, 3.05) is 20.2 Å². The molecule has 4 nitrogen and oxygen atoms in total. The summed E-state index contributed by atoms with van der Waals surface area (Å²) < 4.78 is 5.44. The Bertz CT molecular complexity index is 532. The second kappa shape index (κ2) is 7.48. The molecule has 0 aromatic heterocycles. The van der Waals surface area contributed by atoms with Gasteiger partial charge in [-0.2, -0.15) is 0 Å². The van der Waals surface area contributed by atoms with E-state index >= 15 is 0 Å². The molecule has 0 aliphatic carbocycles. The molecule has 1 aromatic carbocycles. The molecule has 0 saturated carbocycles. The van der Waals surface area contributed by atoms with Gasteiger partial charge in [0.05, 0.1) is 13.3 Å². The van der Waals surface area contributed by atoms with Crippen LogP contribution in [-0.4, -0.2) is 50.5 Å². The first-order chi connectivity index (χ1) is 10.1. The highest BCUT2D eigenvalue weighted by Gasteiger charge is 2.15. The summed E-state index contributed by atoms with van der Waals surface area (Å²) in [6, 6.07) is 6.12. The van der Waals surface area contributed by atoms with Crippen molar-refractivity contribution in [1.29, 1.82) is 0 Å². The molecule has 109 valence electrons. The lowest BCUT2D eigenvalue weighted by Crippen LogP contribution is -2.32. The molecule has 1 heterocycles. The van der Waals surface area contributed by atoms with Gasteiger partial charge in [-0.1, -0.05) is 25.0 Å². The lowest BCUT2D eigenvalue weighted by molar-refractivity contribution is 0.410. The lowest BCUT2D eigenvalue weighted by atomic mass is 9.66. The van der Waals surface area contributed by atoms with E-state index in [0.717, 1.165) is 42.6 Å². The molecule has 0 spiro atoms. The van der Waals surface area contributed by atoms with Crippen LogP contribution in [0.2, 0.25) is 6.82 Å². The van der Waals surface area contributed by atoms with Gasteiger partial charge in [-0.05, 0) is 42.1 Å². The molecule has 0 amide bonds. The molecule has 1 aliphatic heterocycles. The third-order valence-electron chi connectivity index (χ3n) is 3.69. The van der Waals surface area contributed by atoms with E-state index in [1.54, 1.807) is 21.3 Å². The van der Waals surface area contributed by atoms with Crippen LogP contribution in [0.5, 0.6) is 5.75 Å². The molecular weight excluding hydrogens is 264 g/mol. The average molecular weight is 284 g/mol. The first-order valence-corrected chi connectivity index (χ1v) is 7.21. The van der Waals surface area contributed by atoms with Gasteiger partial charge in [0.15, 0.2) is 0 Å². The van der Waals surface area contributed by atoms with Gasteiger partial charge in [0, 0.05) is 6.54 Å². The minimum Gasteiger partial charge on any atom is -0.496 e. The van der Waals surface area contributed by atoms with Crippen LogP contribution in [0.25, 0.3) is 5.57 Å². The van der Waals surface area contributed by atoms with Crippen LogP contribution in [0.1, 0.15) is 17.5 Å². The van der Waals surface area contributed by atoms with Gasteiger partial charge >= 0.3 is 0 Å². The molecule has 1 radical (unpaired) electrons. The third-order valence-corrected chi connectivity index (χ3v) is 3.69. The minimum atomic E-state index is -0.383. The molecule has 0 atom stereocenters. The Morgan fingerprint density at radius 3 is 2.90 bits per heavy atom. The van der Waals surface area contributed by atoms with Crippen molar-refractivity contribution in [2.24, 2.45) is 0 Å². The van der Waals surface area contributed by atoms with Crippen LogP contribution in [0.4, 0.5) is 0 Å². The normalized spacial score (nSPS) is 15.3. The standard InChI is InChI=1S/C15H20B2NO3/c1-17(20)10-14-4-3-13(9-15(14)21-2)12-5-7-18(8-6-12)16-11-19/h3-5,9,11,20H,6-8,10H2,1-2H3. The molecule has 1 aliphatic rings. The lowest BCUT2D eigenvalue weighted by Gasteiger charge is -2.24. The number of ether oxygens (including phenoxy) is 1. The van der Waals surface area contributed by atoms with E-state index in [9.17, 15) is 9.82 Å². The summed E-state index contributed by atoms with van der Waals surface area (Å²) in [6.07, 6.45) is 4.47. The Labute approximate surface area is 127 Å². The summed E-state index contributed by atoms with van der Waals surface area (Å²) >= 11 is 0. The van der Waals surface area contributed by atoms with Crippen LogP contribution in [0.15, 0.2) is 24.3 Å². The molecule has 21 heavy (non-hydrogen) atoms. The fourth-order valence-electron chi connectivity index (χ4n) is 2.60. The quantitative estimate of drug-likeness (QED) is 0.631. The smallest absolute Gasteiger partial charge is 0.293 e. The third kappa shape index (κ3) is 4.22. The first kappa shape index (κ1) is 15.9. The van der Waals surface area contributed by atoms with Gasteiger partial charge in [-0.25, -0.2) is 0 Å². The highest BCUT2D eigenvalue weighted by Crippen LogP contribution is 2.28. The predicted octanol–water partition coefficient (Wildman–Crippen LogP) is 1.29. The molecule has 1 N–H and O–H groups in total. The molecule has 0 saturated heterocycles. The number of hydrogen-bond acceptors (Lipinski definition) is 4. The number of carbonyl (C=O) groups excluding carboxylic acids is 1. The van der Waals surface area contributed by atoms with Crippen LogP contribution < -0.4 is 4.74 Å². The second-order valence-corrected chi connectivity index (χ2v) is 5.34.